The van der Waals surface area contributed by atoms with Crippen LogP contribution in [0.1, 0.15) is 35.6 Å². The van der Waals surface area contributed by atoms with Gasteiger partial charge in [-0.1, -0.05) is 24.3 Å². The summed E-state index contributed by atoms with van der Waals surface area (Å²) >= 11 is 0. The van der Waals surface area contributed by atoms with Gasteiger partial charge in [0, 0.05) is 12.6 Å². The second-order valence-corrected chi connectivity index (χ2v) is 6.76. The summed E-state index contributed by atoms with van der Waals surface area (Å²) in [6.07, 6.45) is 2.12. The van der Waals surface area contributed by atoms with E-state index in [4.69, 9.17) is 4.74 Å². The molecule has 26 heavy (non-hydrogen) atoms. The molecular formula is C21H25FN2O2. The van der Waals surface area contributed by atoms with E-state index in [1.807, 2.05) is 18.2 Å². The first-order valence-corrected chi connectivity index (χ1v) is 8.96. The standard InChI is InChI=1S/C21H25FN2O2/c1-15-5-6-16(12-19(15)22)13-23-21(25)14-24-11-3-4-20(24)17-7-9-18(26-2)10-8-17/h5-10,12,20H,3-4,11,13-14H2,1-2H3,(H,23,25)/t20-/m0/s1. The third-order valence-corrected chi connectivity index (χ3v) is 4.94. The molecule has 1 amide bonds. The molecular weight excluding hydrogens is 331 g/mol. The van der Waals surface area contributed by atoms with Crippen LogP contribution in [0.25, 0.3) is 0 Å². The lowest BCUT2D eigenvalue weighted by Crippen LogP contribution is -2.36. The van der Waals surface area contributed by atoms with Gasteiger partial charge in [0.2, 0.25) is 5.91 Å². The maximum absolute atomic E-state index is 13.6. The van der Waals surface area contributed by atoms with E-state index in [-0.39, 0.29) is 17.8 Å². The number of nitrogens with zero attached hydrogens (tertiary/aromatic N) is 1. The largest absolute Gasteiger partial charge is 0.497 e. The number of aryl methyl sites for hydroxylation is 1. The summed E-state index contributed by atoms with van der Waals surface area (Å²) in [6.45, 7) is 3.33. The summed E-state index contributed by atoms with van der Waals surface area (Å²) in [5, 5.41) is 2.90. The number of hydrogen-bond donors (Lipinski definition) is 1. The first kappa shape index (κ1) is 18.4. The summed E-state index contributed by atoms with van der Waals surface area (Å²) < 4.78 is 18.8. The van der Waals surface area contributed by atoms with Crippen molar-refractivity contribution < 1.29 is 13.9 Å². The van der Waals surface area contributed by atoms with Crippen molar-refractivity contribution in [2.45, 2.75) is 32.4 Å². The lowest BCUT2D eigenvalue weighted by atomic mass is 10.0. The van der Waals surface area contributed by atoms with Crippen LogP contribution in [-0.2, 0) is 11.3 Å². The minimum Gasteiger partial charge on any atom is -0.497 e. The molecule has 0 saturated carbocycles. The van der Waals surface area contributed by atoms with E-state index in [0.29, 0.717) is 18.7 Å². The summed E-state index contributed by atoms with van der Waals surface area (Å²) in [5.74, 6) is 0.559. The first-order chi connectivity index (χ1) is 12.6. The lowest BCUT2D eigenvalue weighted by molar-refractivity contribution is -0.122. The Balaban J connectivity index is 1.56. The van der Waals surface area contributed by atoms with Gasteiger partial charge >= 0.3 is 0 Å². The fourth-order valence-electron chi connectivity index (χ4n) is 3.41. The molecule has 5 heteroatoms. The highest BCUT2D eigenvalue weighted by atomic mass is 19.1. The van der Waals surface area contributed by atoms with E-state index in [1.54, 1.807) is 20.1 Å². The molecule has 138 valence electrons. The molecule has 0 radical (unpaired) electrons. The highest BCUT2D eigenvalue weighted by molar-refractivity contribution is 5.78. The van der Waals surface area contributed by atoms with Gasteiger partial charge in [0.1, 0.15) is 11.6 Å². The molecule has 0 aromatic heterocycles. The van der Waals surface area contributed by atoms with Crippen LogP contribution in [0.4, 0.5) is 4.39 Å². The number of nitrogens with one attached hydrogen (secondary N) is 1. The smallest absolute Gasteiger partial charge is 0.234 e. The fraction of sp³-hybridized carbons (Fsp3) is 0.381. The predicted octanol–water partition coefficient (Wildman–Crippen LogP) is 3.60. The van der Waals surface area contributed by atoms with Crippen molar-refractivity contribution in [1.29, 1.82) is 0 Å². The van der Waals surface area contributed by atoms with Crippen LogP contribution in [0.5, 0.6) is 5.75 Å². The van der Waals surface area contributed by atoms with Gasteiger partial charge in [0.05, 0.1) is 13.7 Å². The van der Waals surface area contributed by atoms with Crippen LogP contribution in [0, 0.1) is 12.7 Å². The van der Waals surface area contributed by atoms with Crippen molar-refractivity contribution in [3.8, 4) is 5.75 Å². The Morgan fingerprint density at radius 3 is 2.73 bits per heavy atom. The highest BCUT2D eigenvalue weighted by Crippen LogP contribution is 2.32. The number of ether oxygens (including phenoxy) is 1. The summed E-state index contributed by atoms with van der Waals surface area (Å²) in [5.41, 5.74) is 2.59. The van der Waals surface area contributed by atoms with E-state index >= 15 is 0 Å². The van der Waals surface area contributed by atoms with Crippen LogP contribution in [0.15, 0.2) is 42.5 Å². The summed E-state index contributed by atoms with van der Waals surface area (Å²) in [4.78, 5) is 14.5. The molecule has 1 aliphatic heterocycles. The number of hydrogen-bond acceptors (Lipinski definition) is 3. The Bertz CT molecular complexity index is 761. The molecule has 1 heterocycles. The zero-order valence-corrected chi connectivity index (χ0v) is 15.3. The molecule has 0 spiro atoms. The second kappa shape index (κ2) is 8.32. The topological polar surface area (TPSA) is 41.6 Å². The number of amides is 1. The van der Waals surface area contributed by atoms with Crippen LogP contribution in [0.3, 0.4) is 0 Å². The Morgan fingerprint density at radius 1 is 1.27 bits per heavy atom. The Morgan fingerprint density at radius 2 is 2.04 bits per heavy atom. The molecule has 1 aliphatic rings. The van der Waals surface area contributed by atoms with Crippen molar-refractivity contribution in [3.63, 3.8) is 0 Å². The van der Waals surface area contributed by atoms with E-state index in [9.17, 15) is 9.18 Å². The third-order valence-electron chi connectivity index (χ3n) is 4.94. The molecule has 0 unspecified atom stereocenters. The van der Waals surface area contributed by atoms with Crippen LogP contribution < -0.4 is 10.1 Å². The minimum absolute atomic E-state index is 0.0357. The normalized spacial score (nSPS) is 17.3. The number of benzene rings is 2. The van der Waals surface area contributed by atoms with Gasteiger partial charge < -0.3 is 10.1 Å². The lowest BCUT2D eigenvalue weighted by Gasteiger charge is -2.24. The van der Waals surface area contributed by atoms with Gasteiger partial charge in [-0.2, -0.15) is 0 Å². The Kier molecular flexibility index (Phi) is 5.89. The van der Waals surface area contributed by atoms with Crippen molar-refractivity contribution in [1.82, 2.24) is 10.2 Å². The molecule has 1 saturated heterocycles. The second-order valence-electron chi connectivity index (χ2n) is 6.76. The van der Waals surface area contributed by atoms with Gasteiger partial charge in [-0.25, -0.2) is 4.39 Å². The third kappa shape index (κ3) is 4.41. The van der Waals surface area contributed by atoms with Gasteiger partial charge in [-0.3, -0.25) is 9.69 Å². The SMILES string of the molecule is COc1ccc([C@@H]2CCCN2CC(=O)NCc2ccc(C)c(F)c2)cc1. The molecule has 0 aliphatic carbocycles. The summed E-state index contributed by atoms with van der Waals surface area (Å²) in [7, 11) is 1.65. The van der Waals surface area contributed by atoms with Crippen LogP contribution in [0.2, 0.25) is 0 Å². The van der Waals surface area contributed by atoms with E-state index in [0.717, 1.165) is 30.7 Å². The Hall–Kier alpha value is -2.40. The Labute approximate surface area is 154 Å². The van der Waals surface area contributed by atoms with E-state index in [2.05, 4.69) is 22.3 Å². The van der Waals surface area contributed by atoms with Crippen molar-refractivity contribution >= 4 is 5.91 Å². The van der Waals surface area contributed by atoms with E-state index in [1.165, 1.54) is 11.6 Å². The van der Waals surface area contributed by atoms with Gasteiger partial charge in [0.25, 0.3) is 0 Å². The first-order valence-electron chi connectivity index (χ1n) is 8.96. The molecule has 1 fully saturated rings. The zero-order valence-electron chi connectivity index (χ0n) is 15.3. The van der Waals surface area contributed by atoms with Gasteiger partial charge in [-0.15, -0.1) is 0 Å². The van der Waals surface area contributed by atoms with Gasteiger partial charge in [0.15, 0.2) is 0 Å². The summed E-state index contributed by atoms with van der Waals surface area (Å²) in [6, 6.07) is 13.3. The quantitative estimate of drug-likeness (QED) is 0.860. The highest BCUT2D eigenvalue weighted by Gasteiger charge is 2.27. The maximum atomic E-state index is 13.6. The predicted molar refractivity (Wildman–Crippen MR) is 99.5 cm³/mol. The molecule has 0 bridgehead atoms. The number of carbonyl (C=O) groups is 1. The average Bonchev–Trinajstić information content (AvgIpc) is 3.11. The van der Waals surface area contributed by atoms with Crippen LogP contribution in [-0.4, -0.2) is 31.0 Å². The molecule has 3 rings (SSSR count). The zero-order chi connectivity index (χ0) is 18.5. The number of likely N-dealkylation sites (tertiary alicyclic amines) is 1. The maximum Gasteiger partial charge on any atom is 0.234 e. The number of rotatable bonds is 6. The van der Waals surface area contributed by atoms with Crippen molar-refractivity contribution in [3.05, 3.63) is 65.0 Å². The average molecular weight is 356 g/mol. The van der Waals surface area contributed by atoms with Crippen molar-refractivity contribution in [2.75, 3.05) is 20.2 Å². The van der Waals surface area contributed by atoms with Crippen molar-refractivity contribution in [2.24, 2.45) is 0 Å². The van der Waals surface area contributed by atoms with E-state index < -0.39 is 0 Å². The molecule has 1 atom stereocenters. The van der Waals surface area contributed by atoms with Gasteiger partial charge in [-0.05, 0) is 61.2 Å². The molecule has 1 N–H and O–H groups in total. The fourth-order valence-corrected chi connectivity index (χ4v) is 3.41. The number of halogens is 1. The number of carbonyl (C=O) groups excluding carboxylic acids is 1. The van der Waals surface area contributed by atoms with Crippen LogP contribution >= 0.6 is 0 Å². The molecule has 2 aromatic carbocycles. The monoisotopic (exact) mass is 356 g/mol. The molecule has 4 nitrogen and oxygen atoms in total. The minimum atomic E-state index is -0.240. The molecule has 2 aromatic rings. The number of methoxy groups -OCH3 is 1.